The highest BCUT2D eigenvalue weighted by atomic mass is 33.1. The van der Waals surface area contributed by atoms with E-state index in [1.54, 1.807) is 0 Å². The molecule has 0 atom stereocenters. The Kier molecular flexibility index (Phi) is 8.38. The van der Waals surface area contributed by atoms with E-state index in [0.29, 0.717) is 0 Å². The molecule has 0 heterocycles. The van der Waals surface area contributed by atoms with Gasteiger partial charge >= 0.3 is 0 Å². The Morgan fingerprint density at radius 2 is 1.89 bits per heavy atom. The highest BCUT2D eigenvalue weighted by molar-refractivity contribution is 8.84. The number of ether oxygens (including phenoxy) is 1. The van der Waals surface area contributed by atoms with Crippen molar-refractivity contribution in [3.8, 4) is 5.75 Å². The molecule has 104 valence electrons. The highest BCUT2D eigenvalue weighted by Crippen LogP contribution is 2.32. The maximum atomic E-state index is 5.68. The van der Waals surface area contributed by atoms with Crippen LogP contribution in [0.3, 0.4) is 0 Å². The normalized spacial score (nSPS) is 11.7. The fourth-order valence-corrected chi connectivity index (χ4v) is 3.64. The average molecular weight is 287 g/mol. The molecule has 0 saturated carbocycles. The standard InChI is InChI=1S/C14H25NOS2/c1-15(10-7-13-17-18(2)3)11-12-16-14-8-5-4-6-9-14/h4-6,8-9,18H,7,10-13H2,1-3H3. The van der Waals surface area contributed by atoms with Gasteiger partial charge in [-0.3, -0.25) is 0 Å². The monoisotopic (exact) mass is 287 g/mol. The van der Waals surface area contributed by atoms with Crippen LogP contribution in [0.1, 0.15) is 6.42 Å². The van der Waals surface area contributed by atoms with Crippen molar-refractivity contribution < 1.29 is 4.74 Å². The lowest BCUT2D eigenvalue weighted by atomic mass is 10.3. The molecule has 0 saturated heterocycles. The zero-order valence-corrected chi connectivity index (χ0v) is 13.3. The summed E-state index contributed by atoms with van der Waals surface area (Å²) in [5, 5.41) is 0. The largest absolute Gasteiger partial charge is 0.492 e. The van der Waals surface area contributed by atoms with E-state index in [1.165, 1.54) is 12.2 Å². The predicted octanol–water partition coefficient (Wildman–Crippen LogP) is 3.30. The van der Waals surface area contributed by atoms with Crippen LogP contribution in [-0.4, -0.2) is 49.9 Å². The highest BCUT2D eigenvalue weighted by Gasteiger charge is 1.99. The van der Waals surface area contributed by atoms with Crippen molar-refractivity contribution in [1.82, 2.24) is 4.90 Å². The third-order valence-corrected chi connectivity index (χ3v) is 5.60. The molecular weight excluding hydrogens is 262 g/mol. The first-order valence-corrected chi connectivity index (χ1v) is 10.2. The number of thiol groups is 1. The number of hydrogen-bond acceptors (Lipinski definition) is 3. The minimum absolute atomic E-state index is 0.201. The molecule has 0 fully saturated rings. The van der Waals surface area contributed by atoms with Crippen LogP contribution in [0.2, 0.25) is 0 Å². The Balaban J connectivity index is 2.01. The van der Waals surface area contributed by atoms with Crippen LogP contribution < -0.4 is 4.74 Å². The molecule has 0 aliphatic rings. The van der Waals surface area contributed by atoms with Crippen molar-refractivity contribution in [3.05, 3.63) is 30.3 Å². The molecule has 0 unspecified atom stereocenters. The van der Waals surface area contributed by atoms with E-state index in [2.05, 4.69) is 35.3 Å². The molecule has 1 rings (SSSR count). The third kappa shape index (κ3) is 7.90. The van der Waals surface area contributed by atoms with Crippen LogP contribution in [0.25, 0.3) is 0 Å². The van der Waals surface area contributed by atoms with Gasteiger partial charge in [-0.15, -0.1) is 10.8 Å². The van der Waals surface area contributed by atoms with Gasteiger partial charge in [0.25, 0.3) is 0 Å². The Hall–Kier alpha value is -0.320. The zero-order chi connectivity index (χ0) is 13.2. The summed E-state index contributed by atoms with van der Waals surface area (Å²) in [5.41, 5.74) is 0. The summed E-state index contributed by atoms with van der Waals surface area (Å²) < 4.78 is 5.68. The summed E-state index contributed by atoms with van der Waals surface area (Å²) in [5.74, 6) is 2.24. The van der Waals surface area contributed by atoms with E-state index in [1.807, 2.05) is 30.3 Å². The topological polar surface area (TPSA) is 12.5 Å². The van der Waals surface area contributed by atoms with Gasteiger partial charge in [0, 0.05) is 12.3 Å². The van der Waals surface area contributed by atoms with Gasteiger partial charge in [-0.1, -0.05) is 18.2 Å². The maximum absolute atomic E-state index is 5.68. The van der Waals surface area contributed by atoms with E-state index in [4.69, 9.17) is 4.74 Å². The van der Waals surface area contributed by atoms with Crippen LogP contribution in [0.4, 0.5) is 0 Å². The molecule has 0 N–H and O–H groups in total. The lowest BCUT2D eigenvalue weighted by molar-refractivity contribution is 0.238. The lowest BCUT2D eigenvalue weighted by Gasteiger charge is -2.17. The van der Waals surface area contributed by atoms with E-state index < -0.39 is 0 Å². The first-order chi connectivity index (χ1) is 8.68. The molecule has 0 aliphatic heterocycles. The second kappa shape index (κ2) is 9.59. The molecule has 0 aromatic heterocycles. The zero-order valence-electron chi connectivity index (χ0n) is 11.6. The number of benzene rings is 1. The van der Waals surface area contributed by atoms with Gasteiger partial charge in [0.2, 0.25) is 0 Å². The van der Waals surface area contributed by atoms with Gasteiger partial charge in [-0.05, 0) is 44.7 Å². The van der Waals surface area contributed by atoms with Gasteiger partial charge in [-0.25, -0.2) is 9.93 Å². The van der Waals surface area contributed by atoms with Crippen LogP contribution in [0.15, 0.2) is 30.3 Å². The molecule has 0 radical (unpaired) electrons. The second-order valence-electron chi connectivity index (χ2n) is 4.46. The Bertz CT molecular complexity index is 306. The fourth-order valence-electron chi connectivity index (χ4n) is 1.53. The van der Waals surface area contributed by atoms with Crippen molar-refractivity contribution in [3.63, 3.8) is 0 Å². The van der Waals surface area contributed by atoms with Crippen molar-refractivity contribution in [2.45, 2.75) is 6.42 Å². The number of hydrogen-bond donors (Lipinski definition) is 1. The van der Waals surface area contributed by atoms with Crippen molar-refractivity contribution in [1.29, 1.82) is 0 Å². The molecule has 0 spiro atoms. The molecule has 0 amide bonds. The first kappa shape index (κ1) is 15.7. The average Bonchev–Trinajstić information content (AvgIpc) is 2.36. The van der Waals surface area contributed by atoms with E-state index in [-0.39, 0.29) is 9.93 Å². The van der Waals surface area contributed by atoms with E-state index >= 15 is 0 Å². The van der Waals surface area contributed by atoms with Crippen LogP contribution in [-0.2, 0) is 0 Å². The maximum Gasteiger partial charge on any atom is 0.119 e. The van der Waals surface area contributed by atoms with Gasteiger partial charge in [0.15, 0.2) is 0 Å². The number of rotatable bonds is 9. The number of para-hydroxylation sites is 1. The Morgan fingerprint density at radius 3 is 2.56 bits per heavy atom. The van der Waals surface area contributed by atoms with Crippen molar-refractivity contribution in [2.75, 3.05) is 45.0 Å². The number of likely N-dealkylation sites (N-methyl/N-ethyl adjacent to an activating group) is 1. The molecule has 0 aliphatic carbocycles. The fraction of sp³-hybridized carbons (Fsp3) is 0.571. The molecule has 0 bridgehead atoms. The number of nitrogens with zero attached hydrogens (tertiary/aromatic N) is 1. The molecule has 1 aromatic carbocycles. The summed E-state index contributed by atoms with van der Waals surface area (Å²) in [6.07, 6.45) is 5.90. The summed E-state index contributed by atoms with van der Waals surface area (Å²) in [4.78, 5) is 2.34. The molecule has 1 aromatic rings. The van der Waals surface area contributed by atoms with E-state index in [0.717, 1.165) is 25.4 Å². The van der Waals surface area contributed by atoms with Crippen molar-refractivity contribution >= 4 is 20.7 Å². The molecule has 2 nitrogen and oxygen atoms in total. The van der Waals surface area contributed by atoms with Gasteiger partial charge < -0.3 is 9.64 Å². The van der Waals surface area contributed by atoms with Crippen LogP contribution in [0, 0.1) is 0 Å². The van der Waals surface area contributed by atoms with Gasteiger partial charge in [-0.2, -0.15) is 0 Å². The van der Waals surface area contributed by atoms with Gasteiger partial charge in [0.1, 0.15) is 12.4 Å². The van der Waals surface area contributed by atoms with E-state index in [9.17, 15) is 0 Å². The second-order valence-corrected chi connectivity index (χ2v) is 9.72. The smallest absolute Gasteiger partial charge is 0.119 e. The summed E-state index contributed by atoms with van der Waals surface area (Å²) in [6, 6.07) is 10.0. The summed E-state index contributed by atoms with van der Waals surface area (Å²) in [7, 11) is 4.47. The summed E-state index contributed by atoms with van der Waals surface area (Å²) >= 11 is 0. The molecule has 4 heteroatoms. The Labute approximate surface area is 118 Å². The Morgan fingerprint density at radius 1 is 1.17 bits per heavy atom. The molecular formula is C14H25NOS2. The van der Waals surface area contributed by atoms with Crippen molar-refractivity contribution in [2.24, 2.45) is 0 Å². The van der Waals surface area contributed by atoms with Gasteiger partial charge in [0.05, 0.1) is 0 Å². The van der Waals surface area contributed by atoms with Crippen LogP contribution in [0.5, 0.6) is 5.75 Å². The lowest BCUT2D eigenvalue weighted by Crippen LogP contribution is -2.25. The minimum Gasteiger partial charge on any atom is -0.492 e. The SMILES string of the molecule is CN(CCCS[SH](C)C)CCOc1ccccc1. The minimum atomic E-state index is 0.201. The summed E-state index contributed by atoms with van der Waals surface area (Å²) in [6.45, 7) is 2.92. The third-order valence-electron chi connectivity index (χ3n) is 2.52. The predicted molar refractivity (Wildman–Crippen MR) is 87.3 cm³/mol. The molecule has 18 heavy (non-hydrogen) atoms. The van der Waals surface area contributed by atoms with Crippen LogP contribution >= 0.6 is 20.7 Å². The first-order valence-electron chi connectivity index (χ1n) is 6.35. The quantitative estimate of drug-likeness (QED) is 0.425.